The largest absolute Gasteiger partial charge is 0.331 e. The molecule has 3 saturated heterocycles. The molecule has 0 radical (unpaired) electrons. The van der Waals surface area contributed by atoms with Crippen LogP contribution in [0.25, 0.3) is 0 Å². The number of rotatable bonds is 2. The lowest BCUT2D eigenvalue weighted by Gasteiger charge is -2.36. The van der Waals surface area contributed by atoms with E-state index in [1.165, 1.54) is 6.42 Å². The number of amides is 2. The zero-order valence-corrected chi connectivity index (χ0v) is 15.0. The Bertz CT molecular complexity index is 575. The third-order valence-corrected chi connectivity index (χ3v) is 5.45. The van der Waals surface area contributed by atoms with Gasteiger partial charge in [-0.05, 0) is 18.8 Å². The van der Waals surface area contributed by atoms with Crippen molar-refractivity contribution in [2.45, 2.75) is 25.4 Å². The van der Waals surface area contributed by atoms with Crippen LogP contribution in [0.1, 0.15) is 18.4 Å². The van der Waals surface area contributed by atoms with E-state index in [-0.39, 0.29) is 6.03 Å². The van der Waals surface area contributed by atoms with Gasteiger partial charge in [0.25, 0.3) is 0 Å². The molecule has 0 unspecified atom stereocenters. The molecule has 0 N–H and O–H groups in total. The van der Waals surface area contributed by atoms with E-state index >= 15 is 0 Å². The number of carbonyl (C=O) groups excluding carboxylic acids is 1. The second kappa shape index (κ2) is 6.83. The van der Waals surface area contributed by atoms with E-state index in [1.807, 2.05) is 19.0 Å². The second-order valence-electron chi connectivity index (χ2n) is 6.69. The van der Waals surface area contributed by atoms with Gasteiger partial charge in [-0.15, -0.1) is 0 Å². The molecule has 2 amide bonds. The average molecular weight is 357 g/mol. The Morgan fingerprint density at radius 1 is 1.22 bits per heavy atom. The highest BCUT2D eigenvalue weighted by Gasteiger charge is 2.37. The van der Waals surface area contributed by atoms with Crippen LogP contribution in [0.5, 0.6) is 0 Å². The van der Waals surface area contributed by atoms with Crippen molar-refractivity contribution in [3.8, 4) is 0 Å². The van der Waals surface area contributed by atoms with Crippen LogP contribution in [0.4, 0.5) is 4.79 Å². The predicted octanol–water partition coefficient (Wildman–Crippen LogP) is 2.97. The first-order valence-corrected chi connectivity index (χ1v) is 8.69. The predicted molar refractivity (Wildman–Crippen MR) is 91.8 cm³/mol. The number of hydrogen-bond acceptors (Lipinski definition) is 3. The maximum absolute atomic E-state index is 12.3. The van der Waals surface area contributed by atoms with Gasteiger partial charge in [-0.2, -0.15) is 0 Å². The summed E-state index contributed by atoms with van der Waals surface area (Å²) in [5, 5.41) is 1.22. The van der Waals surface area contributed by atoms with Crippen LogP contribution in [0.2, 0.25) is 10.0 Å². The lowest BCUT2D eigenvalue weighted by Crippen LogP contribution is -2.45. The Morgan fingerprint density at radius 2 is 1.91 bits per heavy atom. The molecule has 0 aromatic carbocycles. The molecular formula is C16H22Cl2N4O. The number of halogens is 2. The lowest BCUT2D eigenvalue weighted by molar-refractivity contribution is 0.123. The summed E-state index contributed by atoms with van der Waals surface area (Å²) in [6.07, 6.45) is 5.57. The molecule has 0 spiro atoms. The fourth-order valence-electron chi connectivity index (χ4n) is 3.60. The van der Waals surface area contributed by atoms with Crippen LogP contribution >= 0.6 is 23.2 Å². The van der Waals surface area contributed by atoms with E-state index in [0.29, 0.717) is 28.5 Å². The van der Waals surface area contributed by atoms with Crippen LogP contribution in [0.15, 0.2) is 12.4 Å². The van der Waals surface area contributed by atoms with Gasteiger partial charge in [0, 0.05) is 64.3 Å². The number of piperidine rings is 1. The molecule has 3 aliphatic heterocycles. The summed E-state index contributed by atoms with van der Waals surface area (Å²) in [7, 11) is 3.62. The number of pyridine rings is 1. The summed E-state index contributed by atoms with van der Waals surface area (Å²) in [4.78, 5) is 22.4. The van der Waals surface area contributed by atoms with Gasteiger partial charge in [0.15, 0.2) is 0 Å². The van der Waals surface area contributed by atoms with E-state index in [2.05, 4.69) is 9.88 Å². The van der Waals surface area contributed by atoms with Gasteiger partial charge in [-0.1, -0.05) is 23.2 Å². The Morgan fingerprint density at radius 3 is 2.57 bits per heavy atom. The average Bonchev–Trinajstić information content (AvgIpc) is 2.81. The fraction of sp³-hybridized carbons (Fsp3) is 0.625. The van der Waals surface area contributed by atoms with Gasteiger partial charge >= 0.3 is 6.03 Å². The maximum Gasteiger partial charge on any atom is 0.319 e. The minimum Gasteiger partial charge on any atom is -0.331 e. The number of urea groups is 1. The number of fused-ring (bicyclic) bond motifs is 4. The van der Waals surface area contributed by atoms with E-state index in [1.54, 1.807) is 17.3 Å². The molecular weight excluding hydrogens is 335 g/mol. The zero-order valence-electron chi connectivity index (χ0n) is 13.5. The zero-order chi connectivity index (χ0) is 16.6. The quantitative estimate of drug-likeness (QED) is 0.817. The van der Waals surface area contributed by atoms with Gasteiger partial charge in [-0.3, -0.25) is 9.88 Å². The first-order chi connectivity index (χ1) is 11.0. The van der Waals surface area contributed by atoms with Crippen molar-refractivity contribution in [3.05, 3.63) is 28.0 Å². The molecule has 1 aromatic heterocycles. The van der Waals surface area contributed by atoms with Crippen LogP contribution in [-0.2, 0) is 6.54 Å². The first kappa shape index (κ1) is 16.8. The molecule has 1 aromatic rings. The van der Waals surface area contributed by atoms with Crippen molar-refractivity contribution in [1.29, 1.82) is 0 Å². The van der Waals surface area contributed by atoms with E-state index in [0.717, 1.165) is 31.6 Å². The molecule has 0 aliphatic carbocycles. The number of carbonyl (C=O) groups is 1. The van der Waals surface area contributed by atoms with Gasteiger partial charge in [0.1, 0.15) is 0 Å². The molecule has 23 heavy (non-hydrogen) atoms. The highest BCUT2D eigenvalue weighted by atomic mass is 35.5. The van der Waals surface area contributed by atoms with E-state index in [9.17, 15) is 4.79 Å². The van der Waals surface area contributed by atoms with Crippen molar-refractivity contribution in [3.63, 3.8) is 0 Å². The van der Waals surface area contributed by atoms with Crippen LogP contribution in [-0.4, -0.2) is 65.5 Å². The third-order valence-electron chi connectivity index (χ3n) is 4.79. The maximum atomic E-state index is 12.3. The topological polar surface area (TPSA) is 39.7 Å². The number of aromatic nitrogens is 1. The van der Waals surface area contributed by atoms with Crippen molar-refractivity contribution in [2.24, 2.45) is 5.92 Å². The van der Waals surface area contributed by atoms with Crippen molar-refractivity contribution < 1.29 is 4.79 Å². The Kier molecular flexibility index (Phi) is 4.99. The van der Waals surface area contributed by atoms with Crippen LogP contribution in [0, 0.1) is 5.92 Å². The Hall–Kier alpha value is -1.04. The van der Waals surface area contributed by atoms with E-state index in [4.69, 9.17) is 23.2 Å². The number of hydrogen-bond donors (Lipinski definition) is 0. The lowest BCUT2D eigenvalue weighted by atomic mass is 9.94. The highest BCUT2D eigenvalue weighted by molar-refractivity contribution is 6.35. The molecule has 7 heteroatoms. The summed E-state index contributed by atoms with van der Waals surface area (Å²) < 4.78 is 0. The summed E-state index contributed by atoms with van der Waals surface area (Å²) >= 11 is 12.5. The van der Waals surface area contributed by atoms with Gasteiger partial charge in [0.2, 0.25) is 0 Å². The standard InChI is InChI=1S/C16H22Cl2N4O/c1-20(2)16(23)22-8-11-3-4-12(9-22)21(7-11)10-13-14(17)5-19-6-15(13)18/h5-6,11-12H,3-4,7-10H2,1-2H3/t11-,12-/m0/s1. The smallest absolute Gasteiger partial charge is 0.319 e. The first-order valence-electron chi connectivity index (χ1n) is 7.94. The normalized spacial score (nSPS) is 24.6. The minimum absolute atomic E-state index is 0.101. The van der Waals surface area contributed by atoms with E-state index < -0.39 is 0 Å². The van der Waals surface area contributed by atoms with Crippen molar-refractivity contribution >= 4 is 29.2 Å². The molecule has 2 atom stereocenters. The molecule has 3 fully saturated rings. The molecule has 4 heterocycles. The monoisotopic (exact) mass is 356 g/mol. The van der Waals surface area contributed by atoms with Gasteiger partial charge in [-0.25, -0.2) is 4.79 Å². The van der Waals surface area contributed by atoms with Crippen LogP contribution in [0.3, 0.4) is 0 Å². The Labute approximate surface area is 147 Å². The molecule has 4 rings (SSSR count). The molecule has 3 aliphatic rings. The number of nitrogens with zero attached hydrogens (tertiary/aromatic N) is 4. The van der Waals surface area contributed by atoms with Crippen molar-refractivity contribution in [2.75, 3.05) is 33.7 Å². The van der Waals surface area contributed by atoms with Crippen molar-refractivity contribution in [1.82, 2.24) is 19.7 Å². The highest BCUT2D eigenvalue weighted by Crippen LogP contribution is 2.32. The van der Waals surface area contributed by atoms with Gasteiger partial charge < -0.3 is 9.80 Å². The SMILES string of the molecule is CN(C)C(=O)N1C[C@H]2CC[C@@H](C1)N(Cc1c(Cl)cncc1Cl)C2. The molecule has 0 saturated carbocycles. The van der Waals surface area contributed by atoms with Gasteiger partial charge in [0.05, 0.1) is 10.0 Å². The summed E-state index contributed by atoms with van der Waals surface area (Å²) in [5.41, 5.74) is 0.932. The second-order valence-corrected chi connectivity index (χ2v) is 7.50. The third kappa shape index (κ3) is 3.57. The summed E-state index contributed by atoms with van der Waals surface area (Å²) in [6.45, 7) is 3.30. The molecule has 2 bridgehead atoms. The summed E-state index contributed by atoms with van der Waals surface area (Å²) in [6, 6.07) is 0.460. The summed E-state index contributed by atoms with van der Waals surface area (Å²) in [5.74, 6) is 0.511. The molecule has 126 valence electrons. The molecule has 5 nitrogen and oxygen atoms in total. The van der Waals surface area contributed by atoms with Crippen LogP contribution < -0.4 is 0 Å². The Balaban J connectivity index is 1.77. The fourth-order valence-corrected chi connectivity index (χ4v) is 4.09. The minimum atomic E-state index is 0.101.